The third-order valence-corrected chi connectivity index (χ3v) is 7.30. The van der Waals surface area contributed by atoms with E-state index in [0.29, 0.717) is 30.3 Å². The zero-order valence-electron chi connectivity index (χ0n) is 15.4. The Bertz CT molecular complexity index is 951. The van der Waals surface area contributed by atoms with Crippen LogP contribution in [0.15, 0.2) is 51.8 Å². The molecular weight excluding hydrogens is 428 g/mol. The van der Waals surface area contributed by atoms with Crippen LogP contribution in [0.5, 0.6) is 0 Å². The van der Waals surface area contributed by atoms with Gasteiger partial charge in [-0.3, -0.25) is 4.79 Å². The van der Waals surface area contributed by atoms with Gasteiger partial charge in [-0.2, -0.15) is 4.31 Å². The van der Waals surface area contributed by atoms with Crippen LogP contribution in [-0.2, 0) is 10.0 Å². The van der Waals surface area contributed by atoms with E-state index in [2.05, 4.69) is 28.2 Å². The molecule has 27 heavy (non-hydrogen) atoms. The molecule has 0 atom stereocenters. The van der Waals surface area contributed by atoms with Gasteiger partial charge < -0.3 is 5.32 Å². The molecule has 0 spiro atoms. The second-order valence-corrected chi connectivity index (χ2v) is 9.88. The Hall–Kier alpha value is -1.70. The number of nitrogens with zero attached hydrogens (tertiary/aromatic N) is 1. The molecule has 1 aliphatic rings. The molecule has 0 saturated carbocycles. The second kappa shape index (κ2) is 8.12. The highest BCUT2D eigenvalue weighted by Crippen LogP contribution is 2.25. The van der Waals surface area contributed by atoms with Gasteiger partial charge >= 0.3 is 0 Å². The molecule has 1 saturated heterocycles. The number of amides is 1. The van der Waals surface area contributed by atoms with Crippen LogP contribution in [0.3, 0.4) is 0 Å². The molecule has 0 aliphatic carbocycles. The first kappa shape index (κ1) is 20.0. The third-order valence-electron chi connectivity index (χ3n) is 4.92. The summed E-state index contributed by atoms with van der Waals surface area (Å²) < 4.78 is 28.3. The summed E-state index contributed by atoms with van der Waals surface area (Å²) >= 11 is 3.37. The molecule has 1 amide bonds. The quantitative estimate of drug-likeness (QED) is 0.748. The van der Waals surface area contributed by atoms with E-state index in [1.54, 1.807) is 31.2 Å². The molecule has 5 nitrogen and oxygen atoms in total. The molecule has 0 radical (unpaired) electrons. The SMILES string of the molecule is Cc1ccc(S(=O)(=O)N2CCC(C)CC2)cc1C(=O)Nc1cccc(Br)c1. The highest BCUT2D eigenvalue weighted by atomic mass is 79.9. The largest absolute Gasteiger partial charge is 0.322 e. The summed E-state index contributed by atoms with van der Waals surface area (Å²) in [7, 11) is -3.59. The van der Waals surface area contributed by atoms with Crippen LogP contribution in [0, 0.1) is 12.8 Å². The van der Waals surface area contributed by atoms with Gasteiger partial charge in [0, 0.05) is 28.8 Å². The third kappa shape index (κ3) is 4.59. The predicted octanol–water partition coefficient (Wildman–Crippen LogP) is 4.43. The minimum Gasteiger partial charge on any atom is -0.322 e. The smallest absolute Gasteiger partial charge is 0.255 e. The monoisotopic (exact) mass is 450 g/mol. The van der Waals surface area contributed by atoms with Crippen molar-refractivity contribution in [3.05, 3.63) is 58.1 Å². The molecule has 0 aromatic heterocycles. The molecule has 2 aromatic carbocycles. The molecule has 1 aliphatic heterocycles. The van der Waals surface area contributed by atoms with Gasteiger partial charge in [0.05, 0.1) is 4.90 Å². The number of benzene rings is 2. The van der Waals surface area contributed by atoms with Gasteiger partial charge in [-0.15, -0.1) is 0 Å². The first-order valence-corrected chi connectivity index (χ1v) is 11.2. The zero-order valence-corrected chi connectivity index (χ0v) is 17.8. The van der Waals surface area contributed by atoms with Crippen LogP contribution in [0.4, 0.5) is 5.69 Å². The van der Waals surface area contributed by atoms with E-state index in [4.69, 9.17) is 0 Å². The number of sulfonamides is 1. The van der Waals surface area contributed by atoms with Crippen LogP contribution in [0.2, 0.25) is 0 Å². The minimum atomic E-state index is -3.59. The molecule has 1 fully saturated rings. The Morgan fingerprint density at radius 2 is 1.85 bits per heavy atom. The summed E-state index contributed by atoms with van der Waals surface area (Å²) in [5.74, 6) is 0.218. The summed E-state index contributed by atoms with van der Waals surface area (Å²) in [4.78, 5) is 12.9. The number of anilines is 1. The number of carbonyl (C=O) groups is 1. The van der Waals surface area contributed by atoms with Gasteiger partial charge in [0.1, 0.15) is 0 Å². The van der Waals surface area contributed by atoms with Crippen molar-refractivity contribution >= 4 is 37.5 Å². The van der Waals surface area contributed by atoms with Crippen LogP contribution in [0.25, 0.3) is 0 Å². The molecule has 1 heterocycles. The van der Waals surface area contributed by atoms with Gasteiger partial charge in [-0.1, -0.05) is 35.0 Å². The Kier molecular flexibility index (Phi) is 6.03. The maximum absolute atomic E-state index is 13.0. The lowest BCUT2D eigenvalue weighted by Gasteiger charge is -2.29. The Morgan fingerprint density at radius 3 is 2.52 bits per heavy atom. The van der Waals surface area contributed by atoms with Crippen LogP contribution < -0.4 is 5.32 Å². The Labute approximate surface area is 169 Å². The molecule has 7 heteroatoms. The van der Waals surface area contributed by atoms with Crippen LogP contribution in [-0.4, -0.2) is 31.7 Å². The normalized spacial score (nSPS) is 16.3. The Balaban J connectivity index is 1.86. The lowest BCUT2D eigenvalue weighted by Crippen LogP contribution is -2.38. The highest BCUT2D eigenvalue weighted by molar-refractivity contribution is 9.10. The van der Waals surface area contributed by atoms with E-state index in [0.717, 1.165) is 22.9 Å². The molecule has 0 bridgehead atoms. The number of hydrogen-bond acceptors (Lipinski definition) is 3. The van der Waals surface area contributed by atoms with Crippen molar-refractivity contribution in [2.24, 2.45) is 5.92 Å². The van der Waals surface area contributed by atoms with E-state index in [1.807, 2.05) is 12.1 Å². The number of piperidine rings is 1. The summed E-state index contributed by atoms with van der Waals surface area (Å²) in [6.45, 7) is 4.99. The van der Waals surface area contributed by atoms with E-state index in [9.17, 15) is 13.2 Å². The molecule has 0 unspecified atom stereocenters. The van der Waals surface area contributed by atoms with Gasteiger partial charge in [-0.05, 0) is 61.6 Å². The lowest BCUT2D eigenvalue weighted by atomic mass is 10.0. The molecule has 3 rings (SSSR count). The van der Waals surface area contributed by atoms with Crippen molar-refractivity contribution < 1.29 is 13.2 Å². The number of nitrogens with one attached hydrogen (secondary N) is 1. The highest BCUT2D eigenvalue weighted by Gasteiger charge is 2.28. The molecule has 1 N–H and O–H groups in total. The average Bonchev–Trinajstić information content (AvgIpc) is 2.62. The van der Waals surface area contributed by atoms with Crippen molar-refractivity contribution in [3.63, 3.8) is 0 Å². The van der Waals surface area contributed by atoms with E-state index < -0.39 is 10.0 Å². The van der Waals surface area contributed by atoms with E-state index in [1.165, 1.54) is 10.4 Å². The maximum atomic E-state index is 13.0. The van der Waals surface area contributed by atoms with Crippen molar-refractivity contribution in [2.75, 3.05) is 18.4 Å². The average molecular weight is 451 g/mol. The first-order chi connectivity index (χ1) is 12.8. The number of aryl methyl sites for hydroxylation is 1. The van der Waals surface area contributed by atoms with Gasteiger partial charge in [0.15, 0.2) is 0 Å². The van der Waals surface area contributed by atoms with E-state index in [-0.39, 0.29) is 10.8 Å². The van der Waals surface area contributed by atoms with Gasteiger partial charge in [0.25, 0.3) is 5.91 Å². The summed E-state index contributed by atoms with van der Waals surface area (Å²) in [6.07, 6.45) is 1.72. The van der Waals surface area contributed by atoms with Crippen LogP contribution >= 0.6 is 15.9 Å². The number of halogens is 1. The fourth-order valence-corrected chi connectivity index (χ4v) is 5.04. The summed E-state index contributed by atoms with van der Waals surface area (Å²) in [6, 6.07) is 12.0. The predicted molar refractivity (Wildman–Crippen MR) is 110 cm³/mol. The standard InChI is InChI=1S/C20H23BrN2O3S/c1-14-8-10-23(11-9-14)27(25,26)18-7-6-15(2)19(13-18)20(24)22-17-5-3-4-16(21)12-17/h3-7,12-14H,8-11H2,1-2H3,(H,22,24). The molecule has 2 aromatic rings. The van der Waals surface area contributed by atoms with E-state index >= 15 is 0 Å². The topological polar surface area (TPSA) is 66.5 Å². The summed E-state index contributed by atoms with van der Waals surface area (Å²) in [5.41, 5.74) is 1.74. The maximum Gasteiger partial charge on any atom is 0.255 e. The Morgan fingerprint density at radius 1 is 1.15 bits per heavy atom. The lowest BCUT2D eigenvalue weighted by molar-refractivity contribution is 0.102. The number of carbonyl (C=O) groups excluding carboxylic acids is 1. The molecular formula is C20H23BrN2O3S. The van der Waals surface area contributed by atoms with Crippen molar-refractivity contribution in [2.45, 2.75) is 31.6 Å². The number of rotatable bonds is 4. The van der Waals surface area contributed by atoms with Crippen molar-refractivity contribution in [1.29, 1.82) is 0 Å². The van der Waals surface area contributed by atoms with Crippen LogP contribution in [0.1, 0.15) is 35.7 Å². The van der Waals surface area contributed by atoms with Gasteiger partial charge in [0.2, 0.25) is 10.0 Å². The number of hydrogen-bond donors (Lipinski definition) is 1. The minimum absolute atomic E-state index is 0.169. The zero-order chi connectivity index (χ0) is 19.6. The summed E-state index contributed by atoms with van der Waals surface area (Å²) in [5, 5.41) is 2.83. The van der Waals surface area contributed by atoms with Crippen molar-refractivity contribution in [1.82, 2.24) is 4.31 Å². The van der Waals surface area contributed by atoms with Crippen molar-refractivity contribution in [3.8, 4) is 0 Å². The second-order valence-electron chi connectivity index (χ2n) is 7.03. The first-order valence-electron chi connectivity index (χ1n) is 8.95. The van der Waals surface area contributed by atoms with Gasteiger partial charge in [-0.25, -0.2) is 8.42 Å². The fourth-order valence-electron chi connectivity index (χ4n) is 3.15. The fraction of sp³-hybridized carbons (Fsp3) is 0.350. The molecule has 144 valence electrons.